The van der Waals surface area contributed by atoms with Crippen LogP contribution < -0.4 is 4.74 Å². The van der Waals surface area contributed by atoms with Crippen LogP contribution in [0.4, 0.5) is 0 Å². The zero-order valence-corrected chi connectivity index (χ0v) is 18.7. The van der Waals surface area contributed by atoms with Gasteiger partial charge in [0.15, 0.2) is 5.16 Å². The third-order valence-corrected chi connectivity index (χ3v) is 7.54. The molecule has 1 unspecified atom stereocenters. The number of methoxy groups -OCH3 is 1. The van der Waals surface area contributed by atoms with E-state index in [-0.39, 0.29) is 11.9 Å². The van der Waals surface area contributed by atoms with Crippen molar-refractivity contribution in [3.05, 3.63) is 65.9 Å². The summed E-state index contributed by atoms with van der Waals surface area (Å²) >= 11 is 3.16. The molecular formula is C23H22N4O2S2. The molecule has 0 bridgehead atoms. The summed E-state index contributed by atoms with van der Waals surface area (Å²) in [4.78, 5) is 24.3. The molecule has 1 aliphatic heterocycles. The van der Waals surface area contributed by atoms with Gasteiger partial charge < -0.3 is 9.64 Å². The van der Waals surface area contributed by atoms with Crippen LogP contribution in [0.3, 0.4) is 0 Å². The van der Waals surface area contributed by atoms with Gasteiger partial charge >= 0.3 is 0 Å². The Bertz CT molecular complexity index is 1170. The van der Waals surface area contributed by atoms with E-state index in [0.717, 1.165) is 46.5 Å². The standard InChI is InChI=1S/C23H22N4O2S2/c1-29-17-10-8-16(9-11-17)26-14-12-24-23(26)30-15-21(28)27-13-4-6-19(27)22-25-18-5-2-3-7-20(18)31-22/h2-3,5,7-12,14,19H,4,6,13,15H2,1H3. The lowest BCUT2D eigenvalue weighted by Crippen LogP contribution is -2.32. The summed E-state index contributed by atoms with van der Waals surface area (Å²) in [6, 6.07) is 16.0. The maximum absolute atomic E-state index is 13.1. The molecule has 8 heteroatoms. The van der Waals surface area contributed by atoms with Crippen molar-refractivity contribution in [2.24, 2.45) is 0 Å². The van der Waals surface area contributed by atoms with Gasteiger partial charge in [0.1, 0.15) is 10.8 Å². The largest absolute Gasteiger partial charge is 0.497 e. The van der Waals surface area contributed by atoms with Crippen LogP contribution >= 0.6 is 23.1 Å². The van der Waals surface area contributed by atoms with Crippen molar-refractivity contribution in [3.8, 4) is 11.4 Å². The Kier molecular flexibility index (Phi) is 5.65. The number of hydrogen-bond donors (Lipinski definition) is 0. The lowest BCUT2D eigenvalue weighted by molar-refractivity contribution is -0.129. The van der Waals surface area contributed by atoms with Gasteiger partial charge in [-0.1, -0.05) is 23.9 Å². The van der Waals surface area contributed by atoms with Crippen LogP contribution in [0.25, 0.3) is 15.9 Å². The maximum Gasteiger partial charge on any atom is 0.233 e. The Labute approximate surface area is 188 Å². The highest BCUT2D eigenvalue weighted by Crippen LogP contribution is 2.37. The third kappa shape index (κ3) is 4.05. The minimum Gasteiger partial charge on any atom is -0.497 e. The van der Waals surface area contributed by atoms with Crippen LogP contribution in [0.5, 0.6) is 5.75 Å². The lowest BCUT2D eigenvalue weighted by atomic mass is 10.2. The van der Waals surface area contributed by atoms with Crippen molar-refractivity contribution >= 4 is 39.2 Å². The third-order valence-electron chi connectivity index (χ3n) is 5.45. The number of thioether (sulfide) groups is 1. The number of carbonyl (C=O) groups excluding carboxylic acids is 1. The molecule has 2 aromatic heterocycles. The first-order valence-electron chi connectivity index (χ1n) is 10.2. The molecule has 1 aliphatic rings. The fourth-order valence-corrected chi connectivity index (χ4v) is 5.87. The van der Waals surface area contributed by atoms with E-state index in [0.29, 0.717) is 5.75 Å². The number of aromatic nitrogens is 3. The van der Waals surface area contributed by atoms with E-state index in [1.807, 2.05) is 58.1 Å². The van der Waals surface area contributed by atoms with E-state index in [1.165, 1.54) is 16.5 Å². The summed E-state index contributed by atoms with van der Waals surface area (Å²) in [6.07, 6.45) is 5.65. The maximum atomic E-state index is 13.1. The first-order chi connectivity index (χ1) is 15.2. The smallest absolute Gasteiger partial charge is 0.233 e. The topological polar surface area (TPSA) is 60.3 Å². The van der Waals surface area contributed by atoms with Crippen LogP contribution in [0.2, 0.25) is 0 Å². The molecule has 1 saturated heterocycles. The molecule has 0 aliphatic carbocycles. The van der Waals surface area contributed by atoms with Crippen LogP contribution in [0, 0.1) is 0 Å². The highest BCUT2D eigenvalue weighted by molar-refractivity contribution is 7.99. The van der Waals surface area contributed by atoms with Crippen LogP contribution in [-0.4, -0.2) is 44.7 Å². The number of amides is 1. The van der Waals surface area contributed by atoms with E-state index in [4.69, 9.17) is 9.72 Å². The van der Waals surface area contributed by atoms with Gasteiger partial charge in [-0.2, -0.15) is 0 Å². The van der Waals surface area contributed by atoms with Gasteiger partial charge in [-0.15, -0.1) is 11.3 Å². The first-order valence-corrected chi connectivity index (χ1v) is 12.0. The molecule has 2 aromatic carbocycles. The first kappa shape index (κ1) is 20.1. The molecular weight excluding hydrogens is 428 g/mol. The number of ether oxygens (including phenoxy) is 1. The molecule has 1 fully saturated rings. The molecule has 31 heavy (non-hydrogen) atoms. The van der Waals surface area contributed by atoms with Crippen molar-refractivity contribution in [2.45, 2.75) is 24.0 Å². The van der Waals surface area contributed by atoms with Gasteiger partial charge in [-0.25, -0.2) is 9.97 Å². The molecule has 0 N–H and O–H groups in total. The molecule has 1 atom stereocenters. The van der Waals surface area contributed by atoms with Gasteiger partial charge in [0.2, 0.25) is 5.91 Å². The van der Waals surface area contributed by atoms with Crippen molar-refractivity contribution < 1.29 is 9.53 Å². The Morgan fingerprint density at radius 2 is 2.06 bits per heavy atom. The molecule has 6 nitrogen and oxygen atoms in total. The summed E-state index contributed by atoms with van der Waals surface area (Å²) in [5.41, 5.74) is 2.00. The van der Waals surface area contributed by atoms with E-state index in [1.54, 1.807) is 24.6 Å². The monoisotopic (exact) mass is 450 g/mol. The molecule has 0 saturated carbocycles. The Hall–Kier alpha value is -2.84. The number of para-hydroxylation sites is 1. The van der Waals surface area contributed by atoms with Crippen molar-refractivity contribution in [3.63, 3.8) is 0 Å². The molecule has 0 radical (unpaired) electrons. The van der Waals surface area contributed by atoms with Gasteiger partial charge in [-0.3, -0.25) is 9.36 Å². The van der Waals surface area contributed by atoms with Crippen molar-refractivity contribution in [2.75, 3.05) is 19.4 Å². The number of thiazole rings is 1. The summed E-state index contributed by atoms with van der Waals surface area (Å²) < 4.78 is 8.40. The average molecular weight is 451 g/mol. The zero-order valence-electron chi connectivity index (χ0n) is 17.1. The highest BCUT2D eigenvalue weighted by atomic mass is 32.2. The number of fused-ring (bicyclic) bond motifs is 1. The van der Waals surface area contributed by atoms with Crippen LogP contribution in [-0.2, 0) is 4.79 Å². The van der Waals surface area contributed by atoms with E-state index in [9.17, 15) is 4.79 Å². The number of hydrogen-bond acceptors (Lipinski definition) is 6. The number of benzene rings is 2. The molecule has 0 spiro atoms. The number of likely N-dealkylation sites (tertiary alicyclic amines) is 1. The predicted molar refractivity (Wildman–Crippen MR) is 124 cm³/mol. The molecule has 3 heterocycles. The summed E-state index contributed by atoms with van der Waals surface area (Å²) in [5, 5.41) is 1.84. The van der Waals surface area contributed by atoms with E-state index >= 15 is 0 Å². The van der Waals surface area contributed by atoms with E-state index < -0.39 is 0 Å². The zero-order chi connectivity index (χ0) is 21.2. The van der Waals surface area contributed by atoms with Gasteiger partial charge in [-0.05, 0) is 49.2 Å². The fraction of sp³-hybridized carbons (Fsp3) is 0.261. The molecule has 1 amide bonds. The summed E-state index contributed by atoms with van der Waals surface area (Å²) in [7, 11) is 1.65. The van der Waals surface area contributed by atoms with Crippen molar-refractivity contribution in [1.29, 1.82) is 0 Å². The Morgan fingerprint density at radius 3 is 2.87 bits per heavy atom. The van der Waals surface area contributed by atoms with Crippen LogP contribution in [0.1, 0.15) is 23.9 Å². The van der Waals surface area contributed by atoms with Crippen LogP contribution in [0.15, 0.2) is 66.1 Å². The van der Waals surface area contributed by atoms with Gasteiger partial charge in [0, 0.05) is 24.6 Å². The Balaban J connectivity index is 1.29. The normalized spacial score (nSPS) is 16.2. The summed E-state index contributed by atoms with van der Waals surface area (Å²) in [5.74, 6) is 1.30. The second-order valence-corrected chi connectivity index (χ2v) is 9.34. The number of imidazole rings is 1. The minimum atomic E-state index is 0.0758. The van der Waals surface area contributed by atoms with Gasteiger partial charge in [0.05, 0.1) is 29.1 Å². The van der Waals surface area contributed by atoms with Crippen molar-refractivity contribution in [1.82, 2.24) is 19.4 Å². The molecule has 4 aromatic rings. The Morgan fingerprint density at radius 1 is 1.23 bits per heavy atom. The quantitative estimate of drug-likeness (QED) is 0.389. The van der Waals surface area contributed by atoms with Gasteiger partial charge in [0.25, 0.3) is 0 Å². The lowest BCUT2D eigenvalue weighted by Gasteiger charge is -2.23. The fourth-order valence-electron chi connectivity index (χ4n) is 3.90. The molecule has 158 valence electrons. The second-order valence-electron chi connectivity index (χ2n) is 7.33. The van der Waals surface area contributed by atoms with E-state index in [2.05, 4.69) is 11.1 Å². The second kappa shape index (κ2) is 8.72. The average Bonchev–Trinajstić information content (AvgIpc) is 3.56. The number of rotatable bonds is 6. The molecule has 5 rings (SSSR count). The SMILES string of the molecule is COc1ccc(-n2ccnc2SCC(=O)N2CCCC2c2nc3ccccc3s2)cc1. The number of carbonyl (C=O) groups is 1. The highest BCUT2D eigenvalue weighted by Gasteiger charge is 2.32. The summed E-state index contributed by atoms with van der Waals surface area (Å²) in [6.45, 7) is 0.785. The minimum absolute atomic E-state index is 0.0758. The predicted octanol–water partition coefficient (Wildman–Crippen LogP) is 4.95. The number of nitrogens with zero attached hydrogens (tertiary/aromatic N) is 4.